The molecule has 3 nitrogen and oxygen atoms in total. The van der Waals surface area contributed by atoms with Gasteiger partial charge in [-0.1, -0.05) is 6.07 Å². The first kappa shape index (κ1) is 15.1. The minimum absolute atomic E-state index is 0.181. The second kappa shape index (κ2) is 5.36. The molecule has 0 bridgehead atoms. The van der Waals surface area contributed by atoms with Crippen LogP contribution in [0.2, 0.25) is 0 Å². The molecule has 0 aliphatic rings. The third-order valence-corrected chi connectivity index (χ3v) is 3.35. The lowest BCUT2D eigenvalue weighted by molar-refractivity contribution is -0.139. The van der Waals surface area contributed by atoms with Crippen molar-refractivity contribution in [3.05, 3.63) is 23.8 Å². The summed E-state index contributed by atoms with van der Waals surface area (Å²) in [7, 11) is 1.12. The van der Waals surface area contributed by atoms with Gasteiger partial charge in [0.25, 0.3) is 9.05 Å². The predicted molar refractivity (Wildman–Crippen MR) is 60.4 cm³/mol. The molecular formula is C10H10ClF3O3S. The molecule has 1 aromatic carbocycles. The number of aryl methyl sites for hydroxylation is 1. The molecule has 0 amide bonds. The van der Waals surface area contributed by atoms with Crippen molar-refractivity contribution < 1.29 is 26.3 Å². The third-order valence-electron chi connectivity index (χ3n) is 2.00. The Kier molecular flexibility index (Phi) is 4.50. The summed E-state index contributed by atoms with van der Waals surface area (Å²) in [6.07, 6.45) is -5.52. The molecule has 0 fully saturated rings. The van der Waals surface area contributed by atoms with Crippen LogP contribution in [0.1, 0.15) is 12.0 Å². The number of ether oxygens (including phenoxy) is 1. The normalized spacial score (nSPS) is 12.5. The van der Waals surface area contributed by atoms with Crippen LogP contribution in [0.25, 0.3) is 0 Å². The van der Waals surface area contributed by atoms with E-state index in [0.717, 1.165) is 0 Å². The van der Waals surface area contributed by atoms with Gasteiger partial charge in [-0.25, -0.2) is 8.42 Å². The van der Waals surface area contributed by atoms with E-state index in [-0.39, 0.29) is 10.6 Å². The molecule has 0 radical (unpaired) electrons. The monoisotopic (exact) mass is 302 g/mol. The fourth-order valence-corrected chi connectivity index (χ4v) is 2.26. The minimum Gasteiger partial charge on any atom is -0.492 e. The molecule has 1 aromatic rings. The highest BCUT2D eigenvalue weighted by molar-refractivity contribution is 8.13. The highest BCUT2D eigenvalue weighted by atomic mass is 35.7. The largest absolute Gasteiger partial charge is 0.492 e. The van der Waals surface area contributed by atoms with E-state index in [4.69, 9.17) is 15.4 Å². The minimum atomic E-state index is -4.36. The summed E-state index contributed by atoms with van der Waals surface area (Å²) in [5.74, 6) is -0.181. The first-order valence-corrected chi connectivity index (χ1v) is 7.15. The summed E-state index contributed by atoms with van der Waals surface area (Å²) in [6, 6.07) is 4.04. The molecule has 0 saturated heterocycles. The molecule has 0 aliphatic heterocycles. The van der Waals surface area contributed by atoms with Gasteiger partial charge in [0.2, 0.25) is 0 Å². The number of rotatable bonds is 4. The van der Waals surface area contributed by atoms with Gasteiger partial charge in [0, 0.05) is 10.7 Å². The topological polar surface area (TPSA) is 43.4 Å². The Morgan fingerprint density at radius 1 is 1.33 bits per heavy atom. The molecule has 0 N–H and O–H groups in total. The molecule has 0 atom stereocenters. The zero-order chi connectivity index (χ0) is 14.0. The van der Waals surface area contributed by atoms with Gasteiger partial charge >= 0.3 is 6.18 Å². The number of halogens is 4. The maximum atomic E-state index is 11.9. The molecule has 0 heterocycles. The summed E-state index contributed by atoms with van der Waals surface area (Å²) in [6.45, 7) is 0.969. The summed E-state index contributed by atoms with van der Waals surface area (Å²) in [5.41, 5.74) is 0.609. The van der Waals surface area contributed by atoms with Crippen LogP contribution in [0.4, 0.5) is 13.2 Å². The van der Waals surface area contributed by atoms with E-state index >= 15 is 0 Å². The van der Waals surface area contributed by atoms with Gasteiger partial charge in [-0.05, 0) is 24.6 Å². The van der Waals surface area contributed by atoms with Crippen molar-refractivity contribution in [2.75, 3.05) is 6.61 Å². The van der Waals surface area contributed by atoms with Gasteiger partial charge in [-0.15, -0.1) is 0 Å². The average Bonchev–Trinajstić information content (AvgIpc) is 2.17. The number of hydrogen-bond acceptors (Lipinski definition) is 3. The quantitative estimate of drug-likeness (QED) is 0.802. The SMILES string of the molecule is Cc1ccc(OCCC(F)(F)F)c(S(=O)(=O)Cl)c1. The molecule has 0 aliphatic carbocycles. The lowest BCUT2D eigenvalue weighted by Gasteiger charge is -2.11. The van der Waals surface area contributed by atoms with Crippen molar-refractivity contribution in [2.45, 2.75) is 24.4 Å². The van der Waals surface area contributed by atoms with Crippen LogP contribution >= 0.6 is 10.7 Å². The smallest absolute Gasteiger partial charge is 0.392 e. The van der Waals surface area contributed by atoms with Crippen LogP contribution in [0, 0.1) is 6.92 Å². The maximum Gasteiger partial charge on any atom is 0.392 e. The standard InChI is InChI=1S/C10H10ClF3O3S/c1-7-2-3-8(9(6-7)18(11,15)16)17-5-4-10(12,13)14/h2-3,6H,4-5H2,1H3. The number of benzene rings is 1. The first-order chi connectivity index (χ1) is 8.09. The van der Waals surface area contributed by atoms with E-state index in [1.54, 1.807) is 6.92 Å². The molecule has 1 rings (SSSR count). The average molecular weight is 303 g/mol. The molecule has 0 unspecified atom stereocenters. The Bertz CT molecular complexity index is 526. The van der Waals surface area contributed by atoms with Crippen LogP contribution in [0.3, 0.4) is 0 Å². The molecule has 0 saturated carbocycles. The van der Waals surface area contributed by atoms with Crippen molar-refractivity contribution in [3.8, 4) is 5.75 Å². The predicted octanol–water partition coefficient (Wildman–Crippen LogP) is 3.25. The summed E-state index contributed by atoms with van der Waals surface area (Å²) >= 11 is 0. The lowest BCUT2D eigenvalue weighted by atomic mass is 10.2. The zero-order valence-electron chi connectivity index (χ0n) is 9.29. The van der Waals surface area contributed by atoms with Gasteiger partial charge in [0.1, 0.15) is 10.6 Å². The number of alkyl halides is 3. The van der Waals surface area contributed by atoms with Crippen molar-refractivity contribution in [3.63, 3.8) is 0 Å². The van der Waals surface area contributed by atoms with Gasteiger partial charge in [-0.2, -0.15) is 13.2 Å². The fourth-order valence-electron chi connectivity index (χ4n) is 1.20. The van der Waals surface area contributed by atoms with E-state index in [1.807, 2.05) is 0 Å². The van der Waals surface area contributed by atoms with Crippen molar-refractivity contribution in [1.82, 2.24) is 0 Å². The highest BCUT2D eigenvalue weighted by Gasteiger charge is 2.27. The summed E-state index contributed by atoms with van der Waals surface area (Å²) in [4.78, 5) is -0.327. The lowest BCUT2D eigenvalue weighted by Crippen LogP contribution is -2.13. The molecule has 18 heavy (non-hydrogen) atoms. The molecule has 8 heteroatoms. The van der Waals surface area contributed by atoms with Crippen LogP contribution in [0.5, 0.6) is 5.75 Å². The van der Waals surface area contributed by atoms with Gasteiger partial charge in [0.05, 0.1) is 13.0 Å². The molecule has 0 spiro atoms. The third kappa shape index (κ3) is 4.73. The van der Waals surface area contributed by atoms with Crippen molar-refractivity contribution in [2.24, 2.45) is 0 Å². The Balaban J connectivity index is 2.90. The van der Waals surface area contributed by atoms with Gasteiger partial charge in [-0.3, -0.25) is 0 Å². The van der Waals surface area contributed by atoms with Gasteiger partial charge < -0.3 is 4.74 Å². The van der Waals surface area contributed by atoms with E-state index in [2.05, 4.69) is 0 Å². The Labute approximate surface area is 107 Å². The summed E-state index contributed by atoms with van der Waals surface area (Å²) < 4.78 is 63.1. The second-order valence-corrected chi connectivity index (χ2v) is 6.14. The fraction of sp³-hybridized carbons (Fsp3) is 0.400. The van der Waals surface area contributed by atoms with Crippen LogP contribution < -0.4 is 4.74 Å². The number of hydrogen-bond donors (Lipinski definition) is 0. The highest BCUT2D eigenvalue weighted by Crippen LogP contribution is 2.29. The summed E-state index contributed by atoms with van der Waals surface area (Å²) in [5, 5.41) is 0. The molecular weight excluding hydrogens is 293 g/mol. The zero-order valence-corrected chi connectivity index (χ0v) is 10.9. The van der Waals surface area contributed by atoms with E-state index < -0.39 is 28.3 Å². The van der Waals surface area contributed by atoms with Crippen molar-refractivity contribution in [1.29, 1.82) is 0 Å². The van der Waals surface area contributed by atoms with Crippen LogP contribution in [0.15, 0.2) is 23.1 Å². The van der Waals surface area contributed by atoms with Crippen LogP contribution in [-0.4, -0.2) is 21.2 Å². The first-order valence-electron chi connectivity index (χ1n) is 4.84. The molecule has 102 valence electrons. The van der Waals surface area contributed by atoms with Crippen LogP contribution in [-0.2, 0) is 9.05 Å². The van der Waals surface area contributed by atoms with Crippen molar-refractivity contribution >= 4 is 19.7 Å². The Morgan fingerprint density at radius 2 is 1.94 bits per heavy atom. The Hall–Kier alpha value is -0.950. The second-order valence-electron chi connectivity index (χ2n) is 3.60. The maximum absolute atomic E-state index is 11.9. The van der Waals surface area contributed by atoms with Gasteiger partial charge in [0.15, 0.2) is 0 Å². The Morgan fingerprint density at radius 3 is 2.44 bits per heavy atom. The van der Waals surface area contributed by atoms with E-state index in [9.17, 15) is 21.6 Å². The van der Waals surface area contributed by atoms with E-state index in [0.29, 0.717) is 5.56 Å². The molecule has 0 aromatic heterocycles. The van der Waals surface area contributed by atoms with E-state index in [1.165, 1.54) is 18.2 Å².